The Kier molecular flexibility index (Phi) is 3.17. The molecule has 0 radical (unpaired) electrons. The first-order valence-electron chi connectivity index (χ1n) is 4.98. The van der Waals surface area contributed by atoms with Crippen LogP contribution in [0.1, 0.15) is 40.0 Å². The van der Waals surface area contributed by atoms with Gasteiger partial charge in [0.1, 0.15) is 5.54 Å². The zero-order valence-corrected chi connectivity index (χ0v) is 9.09. The molecule has 1 rings (SSSR count). The van der Waals surface area contributed by atoms with E-state index in [-0.39, 0.29) is 5.60 Å². The van der Waals surface area contributed by atoms with Crippen LogP contribution >= 0.6 is 0 Å². The summed E-state index contributed by atoms with van der Waals surface area (Å²) in [6.45, 7) is 6.14. The number of nitrogens with one attached hydrogen (secondary N) is 1. The van der Waals surface area contributed by atoms with Gasteiger partial charge in [0.2, 0.25) is 0 Å². The molecule has 1 saturated carbocycles. The fourth-order valence-electron chi connectivity index (χ4n) is 1.39. The predicted octanol–water partition coefficient (Wildman–Crippen LogP) is 1.36. The Hall–Kier alpha value is -0.610. The van der Waals surface area contributed by atoms with Crippen LogP contribution < -0.4 is 5.32 Å². The van der Waals surface area contributed by atoms with Crippen LogP contribution in [0.2, 0.25) is 0 Å². The van der Waals surface area contributed by atoms with E-state index in [1.165, 1.54) is 0 Å². The van der Waals surface area contributed by atoms with E-state index >= 15 is 0 Å². The highest BCUT2D eigenvalue weighted by Gasteiger charge is 2.44. The third-order valence-electron chi connectivity index (χ3n) is 2.53. The molecule has 0 aromatic rings. The summed E-state index contributed by atoms with van der Waals surface area (Å²) in [6, 6.07) is 0. The second-order valence-corrected chi connectivity index (χ2v) is 4.82. The zero-order valence-electron chi connectivity index (χ0n) is 9.09. The van der Waals surface area contributed by atoms with Crippen molar-refractivity contribution in [2.75, 3.05) is 6.73 Å². The number of ether oxygens (including phenoxy) is 1. The number of carbonyl (C=O) groups is 1. The molecular formula is C10H19NO3. The summed E-state index contributed by atoms with van der Waals surface area (Å²) >= 11 is 0. The van der Waals surface area contributed by atoms with Gasteiger partial charge < -0.3 is 9.84 Å². The monoisotopic (exact) mass is 201 g/mol. The van der Waals surface area contributed by atoms with Crippen molar-refractivity contribution < 1.29 is 14.6 Å². The molecule has 4 nitrogen and oxygen atoms in total. The van der Waals surface area contributed by atoms with Crippen LogP contribution in [0.15, 0.2) is 0 Å². The quantitative estimate of drug-likeness (QED) is 0.674. The lowest BCUT2D eigenvalue weighted by atomic mass is 9.77. The minimum absolute atomic E-state index is 0.226. The van der Waals surface area contributed by atoms with Gasteiger partial charge in [-0.05, 0) is 40.0 Å². The van der Waals surface area contributed by atoms with Gasteiger partial charge in [-0.2, -0.15) is 0 Å². The normalized spacial score (nSPS) is 20.2. The zero-order chi connectivity index (χ0) is 10.8. The molecule has 1 fully saturated rings. The summed E-state index contributed by atoms with van der Waals surface area (Å²) in [5.74, 6) is -0.763. The molecule has 0 atom stereocenters. The second-order valence-electron chi connectivity index (χ2n) is 4.82. The highest BCUT2D eigenvalue weighted by atomic mass is 16.5. The SMILES string of the molecule is CC(C)(C)OCNC1(C(=O)O)CCC1. The molecule has 0 aromatic carbocycles. The molecule has 14 heavy (non-hydrogen) atoms. The number of carboxylic acids is 1. The van der Waals surface area contributed by atoms with Gasteiger partial charge in [-0.3, -0.25) is 10.1 Å². The first-order chi connectivity index (χ1) is 6.36. The van der Waals surface area contributed by atoms with Crippen molar-refractivity contribution in [1.82, 2.24) is 5.32 Å². The molecular weight excluding hydrogens is 182 g/mol. The van der Waals surface area contributed by atoms with Crippen molar-refractivity contribution in [3.05, 3.63) is 0 Å². The van der Waals surface area contributed by atoms with Crippen molar-refractivity contribution in [1.29, 1.82) is 0 Å². The van der Waals surface area contributed by atoms with Gasteiger partial charge >= 0.3 is 5.97 Å². The van der Waals surface area contributed by atoms with Gasteiger partial charge in [0.25, 0.3) is 0 Å². The van der Waals surface area contributed by atoms with Gasteiger partial charge in [-0.1, -0.05) is 0 Å². The van der Waals surface area contributed by atoms with E-state index in [0.717, 1.165) is 6.42 Å². The van der Waals surface area contributed by atoms with Crippen LogP contribution in [0.4, 0.5) is 0 Å². The maximum atomic E-state index is 10.9. The van der Waals surface area contributed by atoms with E-state index in [2.05, 4.69) is 5.32 Å². The molecule has 0 spiro atoms. The maximum Gasteiger partial charge on any atom is 0.323 e. The van der Waals surface area contributed by atoms with Gasteiger partial charge in [-0.15, -0.1) is 0 Å². The maximum absolute atomic E-state index is 10.9. The van der Waals surface area contributed by atoms with E-state index in [9.17, 15) is 4.79 Å². The average molecular weight is 201 g/mol. The van der Waals surface area contributed by atoms with Crippen molar-refractivity contribution >= 4 is 5.97 Å². The van der Waals surface area contributed by atoms with Gasteiger partial charge in [0.05, 0.1) is 12.3 Å². The molecule has 0 amide bonds. The Morgan fingerprint density at radius 1 is 1.50 bits per heavy atom. The molecule has 82 valence electrons. The van der Waals surface area contributed by atoms with Crippen LogP contribution in [0.25, 0.3) is 0 Å². The first kappa shape index (κ1) is 11.5. The Morgan fingerprint density at radius 3 is 2.36 bits per heavy atom. The highest BCUT2D eigenvalue weighted by molar-refractivity contribution is 5.79. The molecule has 2 N–H and O–H groups in total. The van der Waals surface area contributed by atoms with E-state index in [4.69, 9.17) is 9.84 Å². The van der Waals surface area contributed by atoms with Crippen LogP contribution in [0.3, 0.4) is 0 Å². The van der Waals surface area contributed by atoms with E-state index in [1.54, 1.807) is 0 Å². The van der Waals surface area contributed by atoms with E-state index in [0.29, 0.717) is 19.6 Å². The highest BCUT2D eigenvalue weighted by Crippen LogP contribution is 2.31. The number of carboxylic acid groups (broad SMARTS) is 1. The third-order valence-corrected chi connectivity index (χ3v) is 2.53. The molecule has 0 bridgehead atoms. The van der Waals surface area contributed by atoms with Crippen molar-refractivity contribution in [2.24, 2.45) is 0 Å². The fourth-order valence-corrected chi connectivity index (χ4v) is 1.39. The fraction of sp³-hybridized carbons (Fsp3) is 0.900. The topological polar surface area (TPSA) is 58.6 Å². The Balaban J connectivity index is 2.33. The first-order valence-corrected chi connectivity index (χ1v) is 4.98. The lowest BCUT2D eigenvalue weighted by molar-refractivity contribution is -0.151. The Bertz CT molecular complexity index is 216. The summed E-state index contributed by atoms with van der Waals surface area (Å²) in [7, 11) is 0. The van der Waals surface area contributed by atoms with E-state index < -0.39 is 11.5 Å². The minimum Gasteiger partial charge on any atom is -0.480 e. The number of hydrogen-bond donors (Lipinski definition) is 2. The van der Waals surface area contributed by atoms with Crippen LogP contribution in [0, 0.1) is 0 Å². The van der Waals surface area contributed by atoms with Gasteiger partial charge in [0, 0.05) is 0 Å². The lowest BCUT2D eigenvalue weighted by Gasteiger charge is -2.39. The molecule has 0 heterocycles. The number of rotatable bonds is 4. The molecule has 1 aliphatic carbocycles. The lowest BCUT2D eigenvalue weighted by Crippen LogP contribution is -2.58. The smallest absolute Gasteiger partial charge is 0.323 e. The Morgan fingerprint density at radius 2 is 2.07 bits per heavy atom. The minimum atomic E-state index is -0.763. The second kappa shape index (κ2) is 3.87. The molecule has 0 aliphatic heterocycles. The van der Waals surface area contributed by atoms with Crippen LogP contribution in [-0.2, 0) is 9.53 Å². The molecule has 4 heteroatoms. The summed E-state index contributed by atoms with van der Waals surface area (Å²) in [4.78, 5) is 10.9. The third kappa shape index (κ3) is 2.69. The standard InChI is InChI=1S/C10H19NO3/c1-9(2,3)14-7-11-10(8(12)13)5-4-6-10/h11H,4-7H2,1-3H3,(H,12,13). The van der Waals surface area contributed by atoms with Crippen LogP contribution in [-0.4, -0.2) is 28.9 Å². The molecule has 1 aliphatic rings. The molecule has 0 aromatic heterocycles. The average Bonchev–Trinajstić information content (AvgIpc) is 1.91. The summed E-state index contributed by atoms with van der Waals surface area (Å²) in [6.07, 6.45) is 2.39. The van der Waals surface area contributed by atoms with Gasteiger partial charge in [0.15, 0.2) is 0 Å². The summed E-state index contributed by atoms with van der Waals surface area (Å²) < 4.78 is 5.44. The number of aliphatic carboxylic acids is 1. The van der Waals surface area contributed by atoms with Crippen LogP contribution in [0.5, 0.6) is 0 Å². The van der Waals surface area contributed by atoms with Gasteiger partial charge in [-0.25, -0.2) is 0 Å². The molecule has 0 unspecified atom stereocenters. The van der Waals surface area contributed by atoms with E-state index in [1.807, 2.05) is 20.8 Å². The predicted molar refractivity (Wildman–Crippen MR) is 53.1 cm³/mol. The van der Waals surface area contributed by atoms with Crippen molar-refractivity contribution in [3.63, 3.8) is 0 Å². The summed E-state index contributed by atoms with van der Waals surface area (Å²) in [5.41, 5.74) is -0.943. The van der Waals surface area contributed by atoms with Crippen molar-refractivity contribution in [2.45, 2.75) is 51.2 Å². The van der Waals surface area contributed by atoms with Crippen molar-refractivity contribution in [3.8, 4) is 0 Å². The molecule has 0 saturated heterocycles. The largest absolute Gasteiger partial charge is 0.480 e. The number of hydrogen-bond acceptors (Lipinski definition) is 3. The Labute approximate surface area is 84.6 Å². The summed E-state index contributed by atoms with van der Waals surface area (Å²) in [5, 5.41) is 12.0.